The van der Waals surface area contributed by atoms with Crippen molar-refractivity contribution in [3.8, 4) is 11.1 Å². The third-order valence-corrected chi connectivity index (χ3v) is 6.28. The van der Waals surface area contributed by atoms with Crippen molar-refractivity contribution in [2.45, 2.75) is 0 Å². The highest BCUT2D eigenvalue weighted by atomic mass is 32.2. The predicted molar refractivity (Wildman–Crippen MR) is 104 cm³/mol. The molecule has 1 aromatic heterocycles. The highest BCUT2D eigenvalue weighted by Gasteiger charge is 2.27. The number of sulfonamides is 1. The van der Waals surface area contributed by atoms with Crippen LogP contribution in [0, 0.1) is 0 Å². The summed E-state index contributed by atoms with van der Waals surface area (Å²) < 4.78 is 30.0. The number of rotatable bonds is 3. The number of hydrogen-bond donors (Lipinski definition) is 0. The molecule has 0 N–H and O–H groups in total. The second kappa shape index (κ2) is 6.83. The van der Waals surface area contributed by atoms with Gasteiger partial charge in [-0.25, -0.2) is 8.42 Å². The molecule has 1 fully saturated rings. The molecule has 27 heavy (non-hydrogen) atoms. The lowest BCUT2D eigenvalue weighted by Crippen LogP contribution is -2.50. The van der Waals surface area contributed by atoms with Gasteiger partial charge in [0, 0.05) is 37.3 Å². The number of fused-ring (bicyclic) bond motifs is 1. The minimum atomic E-state index is -3.22. The van der Waals surface area contributed by atoms with Crippen molar-refractivity contribution >= 4 is 26.7 Å². The Morgan fingerprint density at radius 1 is 0.963 bits per heavy atom. The minimum Gasteiger partial charge on any atom is -0.472 e. The molecule has 0 atom stereocenters. The maximum Gasteiger partial charge on any atom is 0.254 e. The number of piperazine rings is 1. The molecule has 0 radical (unpaired) electrons. The molecule has 0 aliphatic carbocycles. The zero-order chi connectivity index (χ0) is 19.0. The maximum atomic E-state index is 13.1. The Kier molecular flexibility index (Phi) is 4.49. The van der Waals surface area contributed by atoms with Crippen molar-refractivity contribution in [1.82, 2.24) is 9.21 Å². The third kappa shape index (κ3) is 3.36. The summed E-state index contributed by atoms with van der Waals surface area (Å²) in [4.78, 5) is 14.8. The van der Waals surface area contributed by atoms with E-state index in [0.29, 0.717) is 31.7 Å². The number of furan rings is 1. The molecule has 1 aliphatic rings. The third-order valence-electron chi connectivity index (χ3n) is 4.98. The molecular weight excluding hydrogens is 364 g/mol. The van der Waals surface area contributed by atoms with Crippen molar-refractivity contribution in [2.75, 3.05) is 32.4 Å². The van der Waals surface area contributed by atoms with E-state index in [4.69, 9.17) is 4.42 Å². The Balaban J connectivity index is 1.67. The molecule has 1 amide bonds. The Labute approximate surface area is 158 Å². The number of hydrogen-bond acceptors (Lipinski definition) is 4. The van der Waals surface area contributed by atoms with Gasteiger partial charge in [0.1, 0.15) is 0 Å². The van der Waals surface area contributed by atoms with Crippen molar-refractivity contribution in [2.24, 2.45) is 0 Å². The molecule has 2 aromatic carbocycles. The highest BCUT2D eigenvalue weighted by Crippen LogP contribution is 2.31. The Morgan fingerprint density at radius 2 is 1.67 bits per heavy atom. The summed E-state index contributed by atoms with van der Waals surface area (Å²) in [7, 11) is -3.22. The zero-order valence-corrected chi connectivity index (χ0v) is 15.8. The van der Waals surface area contributed by atoms with Crippen LogP contribution < -0.4 is 0 Å². The van der Waals surface area contributed by atoms with E-state index in [0.717, 1.165) is 21.9 Å². The van der Waals surface area contributed by atoms with E-state index in [2.05, 4.69) is 0 Å². The fourth-order valence-electron chi connectivity index (χ4n) is 3.55. The van der Waals surface area contributed by atoms with Gasteiger partial charge in [0.05, 0.1) is 18.8 Å². The number of amides is 1. The maximum absolute atomic E-state index is 13.1. The topological polar surface area (TPSA) is 70.8 Å². The molecule has 4 rings (SSSR count). The summed E-state index contributed by atoms with van der Waals surface area (Å²) in [5.74, 6) is -0.0712. The smallest absolute Gasteiger partial charge is 0.254 e. The van der Waals surface area contributed by atoms with Gasteiger partial charge >= 0.3 is 0 Å². The Hall–Kier alpha value is -2.64. The lowest BCUT2D eigenvalue weighted by Gasteiger charge is -2.33. The van der Waals surface area contributed by atoms with Crippen molar-refractivity contribution in [3.63, 3.8) is 0 Å². The van der Waals surface area contributed by atoms with E-state index in [1.807, 2.05) is 42.5 Å². The molecule has 6 nitrogen and oxygen atoms in total. The summed E-state index contributed by atoms with van der Waals surface area (Å²) in [6.45, 7) is 1.44. The van der Waals surface area contributed by atoms with Crippen LogP contribution in [0.3, 0.4) is 0 Å². The number of nitrogens with zero attached hydrogens (tertiary/aromatic N) is 2. The van der Waals surface area contributed by atoms with E-state index in [9.17, 15) is 13.2 Å². The first-order valence-electron chi connectivity index (χ1n) is 8.74. The van der Waals surface area contributed by atoms with Gasteiger partial charge in [0.15, 0.2) is 0 Å². The fraction of sp³-hybridized carbons (Fsp3) is 0.250. The average molecular weight is 384 g/mol. The first kappa shape index (κ1) is 17.8. The van der Waals surface area contributed by atoms with Crippen molar-refractivity contribution < 1.29 is 17.6 Å². The second-order valence-corrected chi connectivity index (χ2v) is 8.65. The van der Waals surface area contributed by atoms with Crippen LogP contribution in [0.25, 0.3) is 21.9 Å². The van der Waals surface area contributed by atoms with Gasteiger partial charge in [0.25, 0.3) is 5.91 Å². The molecule has 140 valence electrons. The lowest BCUT2D eigenvalue weighted by molar-refractivity contribution is 0.0700. The van der Waals surface area contributed by atoms with Crippen LogP contribution in [0.15, 0.2) is 59.4 Å². The number of benzene rings is 2. The van der Waals surface area contributed by atoms with Crippen molar-refractivity contribution in [3.05, 3.63) is 60.6 Å². The van der Waals surface area contributed by atoms with Gasteiger partial charge in [-0.3, -0.25) is 4.79 Å². The summed E-state index contributed by atoms with van der Waals surface area (Å²) >= 11 is 0. The predicted octanol–water partition coefficient (Wildman–Crippen LogP) is 2.82. The summed E-state index contributed by atoms with van der Waals surface area (Å²) in [6.07, 6.45) is 4.52. The number of carbonyl (C=O) groups excluding carboxylic acids is 1. The molecule has 1 saturated heterocycles. The Morgan fingerprint density at radius 3 is 2.30 bits per heavy atom. The Bertz CT molecular complexity index is 1080. The van der Waals surface area contributed by atoms with Gasteiger partial charge in [-0.2, -0.15) is 4.31 Å². The number of carbonyl (C=O) groups is 1. The minimum absolute atomic E-state index is 0.0712. The fourth-order valence-corrected chi connectivity index (χ4v) is 4.37. The average Bonchev–Trinajstić information content (AvgIpc) is 3.20. The van der Waals surface area contributed by atoms with E-state index in [1.165, 1.54) is 10.6 Å². The molecule has 0 spiro atoms. The molecule has 1 aliphatic heterocycles. The van der Waals surface area contributed by atoms with Crippen LogP contribution in [0.1, 0.15) is 10.4 Å². The molecular formula is C20H20N2O4S. The molecule has 0 bridgehead atoms. The molecule has 3 aromatic rings. The van der Waals surface area contributed by atoms with Gasteiger partial charge < -0.3 is 9.32 Å². The van der Waals surface area contributed by atoms with Crippen LogP contribution in [0.4, 0.5) is 0 Å². The monoisotopic (exact) mass is 384 g/mol. The van der Waals surface area contributed by atoms with Crippen LogP contribution >= 0.6 is 0 Å². The molecule has 0 saturated carbocycles. The van der Waals surface area contributed by atoms with E-state index in [-0.39, 0.29) is 5.91 Å². The van der Waals surface area contributed by atoms with Crippen molar-refractivity contribution in [1.29, 1.82) is 0 Å². The zero-order valence-electron chi connectivity index (χ0n) is 15.0. The normalized spacial score (nSPS) is 16.0. The molecule has 0 unspecified atom stereocenters. The van der Waals surface area contributed by atoms with Crippen LogP contribution in [0.5, 0.6) is 0 Å². The van der Waals surface area contributed by atoms with E-state index < -0.39 is 10.0 Å². The SMILES string of the molecule is CS(=O)(=O)N1CCN(C(=O)c2ccc(-c3ccoc3)c3ccccc23)CC1. The quantitative estimate of drug-likeness (QED) is 0.696. The van der Waals surface area contributed by atoms with E-state index >= 15 is 0 Å². The standard InChI is InChI=1S/C20H20N2O4S/c1-27(24,25)22-11-9-21(10-12-22)20(23)19-7-6-16(15-8-13-26-14-15)17-4-2-3-5-18(17)19/h2-8,13-14H,9-12H2,1H3. The van der Waals surface area contributed by atoms with Gasteiger partial charge in [0.2, 0.25) is 10.0 Å². The molecule has 7 heteroatoms. The first-order valence-corrected chi connectivity index (χ1v) is 10.6. The van der Waals surface area contributed by atoms with Gasteiger partial charge in [-0.15, -0.1) is 0 Å². The van der Waals surface area contributed by atoms with Crippen LogP contribution in [-0.2, 0) is 10.0 Å². The van der Waals surface area contributed by atoms with Gasteiger partial charge in [-0.1, -0.05) is 30.3 Å². The largest absolute Gasteiger partial charge is 0.472 e. The second-order valence-electron chi connectivity index (χ2n) is 6.67. The summed E-state index contributed by atoms with van der Waals surface area (Å²) in [5.41, 5.74) is 2.61. The highest BCUT2D eigenvalue weighted by molar-refractivity contribution is 7.88. The lowest BCUT2D eigenvalue weighted by atomic mass is 9.95. The van der Waals surface area contributed by atoms with Crippen LogP contribution in [-0.4, -0.2) is 56.0 Å². The molecule has 2 heterocycles. The van der Waals surface area contributed by atoms with E-state index in [1.54, 1.807) is 17.4 Å². The summed E-state index contributed by atoms with van der Waals surface area (Å²) in [5, 5.41) is 1.87. The summed E-state index contributed by atoms with van der Waals surface area (Å²) in [6, 6.07) is 13.5. The van der Waals surface area contributed by atoms with Crippen LogP contribution in [0.2, 0.25) is 0 Å². The first-order chi connectivity index (χ1) is 12.9. The van der Waals surface area contributed by atoms with Gasteiger partial charge in [-0.05, 0) is 28.5 Å².